The number of halogens is 1. The maximum absolute atomic E-state index is 6.35. The van der Waals surface area contributed by atoms with Crippen molar-refractivity contribution >= 4 is 59.3 Å². The van der Waals surface area contributed by atoms with Gasteiger partial charge in [-0.3, -0.25) is 0 Å². The van der Waals surface area contributed by atoms with Crippen molar-refractivity contribution in [3.63, 3.8) is 0 Å². The molecule has 38 heavy (non-hydrogen) atoms. The van der Waals surface area contributed by atoms with Gasteiger partial charge in [-0.1, -0.05) is 142 Å². The first-order valence-corrected chi connectivity index (χ1v) is 15.3. The first-order chi connectivity index (χ1) is 18.3. The summed E-state index contributed by atoms with van der Waals surface area (Å²) in [5.41, 5.74) is 0. The van der Waals surface area contributed by atoms with E-state index in [9.17, 15) is 0 Å². The van der Waals surface area contributed by atoms with Crippen LogP contribution < -0.4 is 31.8 Å². The van der Waals surface area contributed by atoms with Crippen molar-refractivity contribution in [1.82, 2.24) is 0 Å². The first-order valence-electron chi connectivity index (χ1n) is 12.2. The molecule has 6 aromatic carbocycles. The molecule has 0 spiro atoms. The van der Waals surface area contributed by atoms with Gasteiger partial charge in [0.1, 0.15) is 0 Å². The van der Waals surface area contributed by atoms with Gasteiger partial charge in [-0.15, -0.1) is 22.2 Å². The summed E-state index contributed by atoms with van der Waals surface area (Å²) in [6.07, 6.45) is 0. The SMILES string of the molecule is Clc1ccc[c-]1P(c1ccccc1)c1ccccc1.[Fe+2].c1ccc(P(c2ccccc2)[c-]2cccc2)cc1. The van der Waals surface area contributed by atoms with Gasteiger partial charge in [0.05, 0.1) is 0 Å². The molecular formula is C34H27ClFeP2. The van der Waals surface area contributed by atoms with E-state index in [1.807, 2.05) is 12.1 Å². The van der Waals surface area contributed by atoms with Crippen LogP contribution in [0.25, 0.3) is 0 Å². The van der Waals surface area contributed by atoms with Crippen LogP contribution in [0.5, 0.6) is 0 Å². The molecule has 0 saturated heterocycles. The van der Waals surface area contributed by atoms with Gasteiger partial charge in [-0.05, 0) is 21.2 Å². The van der Waals surface area contributed by atoms with E-state index in [1.54, 1.807) is 0 Å². The largest absolute Gasteiger partial charge is 2.00 e. The van der Waals surface area contributed by atoms with Gasteiger partial charge in [-0.2, -0.15) is 24.3 Å². The molecule has 0 fully saturated rings. The summed E-state index contributed by atoms with van der Waals surface area (Å²) in [4.78, 5) is 0. The van der Waals surface area contributed by atoms with Crippen LogP contribution in [0, 0.1) is 0 Å². The van der Waals surface area contributed by atoms with E-state index >= 15 is 0 Å². The summed E-state index contributed by atoms with van der Waals surface area (Å²) < 4.78 is 0. The minimum Gasteiger partial charge on any atom is -0.213 e. The van der Waals surface area contributed by atoms with E-state index in [-0.39, 0.29) is 17.1 Å². The van der Waals surface area contributed by atoms with Crippen LogP contribution >= 0.6 is 27.4 Å². The van der Waals surface area contributed by atoms with Crippen LogP contribution in [0.1, 0.15) is 0 Å². The fourth-order valence-electron chi connectivity index (χ4n) is 4.27. The predicted molar refractivity (Wildman–Crippen MR) is 166 cm³/mol. The third-order valence-electron chi connectivity index (χ3n) is 5.94. The molecule has 4 heteroatoms. The van der Waals surface area contributed by atoms with E-state index in [2.05, 4.69) is 152 Å². The summed E-state index contributed by atoms with van der Waals surface area (Å²) in [5, 5.41) is 8.98. The monoisotopic (exact) mass is 588 g/mol. The van der Waals surface area contributed by atoms with Gasteiger partial charge in [0, 0.05) is 0 Å². The van der Waals surface area contributed by atoms with Crippen LogP contribution in [-0.2, 0) is 17.1 Å². The first kappa shape index (κ1) is 28.3. The minimum atomic E-state index is -0.562. The topological polar surface area (TPSA) is 0 Å². The number of benzene rings is 4. The van der Waals surface area contributed by atoms with Crippen LogP contribution in [0.15, 0.2) is 164 Å². The second kappa shape index (κ2) is 14.4. The predicted octanol–water partition coefficient (Wildman–Crippen LogP) is 6.98. The van der Waals surface area contributed by atoms with Crippen molar-refractivity contribution in [2.45, 2.75) is 0 Å². The third-order valence-corrected chi connectivity index (χ3v) is 11.3. The van der Waals surface area contributed by atoms with Crippen LogP contribution in [-0.4, -0.2) is 0 Å². The summed E-state index contributed by atoms with van der Waals surface area (Å²) in [6, 6.07) is 57.6. The molecule has 188 valence electrons. The Morgan fingerprint density at radius 3 is 1.11 bits per heavy atom. The zero-order valence-corrected chi connectivity index (χ0v) is 24.4. The molecular weight excluding hydrogens is 562 g/mol. The molecule has 0 aliphatic rings. The van der Waals surface area contributed by atoms with Crippen molar-refractivity contribution in [3.8, 4) is 0 Å². The molecule has 0 heterocycles. The van der Waals surface area contributed by atoms with Crippen molar-refractivity contribution in [3.05, 3.63) is 169 Å². The van der Waals surface area contributed by atoms with Gasteiger partial charge < -0.3 is 0 Å². The summed E-state index contributed by atoms with van der Waals surface area (Å²) in [7, 11) is -0.971. The van der Waals surface area contributed by atoms with Gasteiger partial charge in [0.2, 0.25) is 0 Å². The second-order valence-electron chi connectivity index (χ2n) is 8.42. The maximum Gasteiger partial charge on any atom is 2.00 e. The van der Waals surface area contributed by atoms with Gasteiger partial charge in [0.15, 0.2) is 0 Å². The molecule has 0 nitrogen and oxygen atoms in total. The molecule has 0 aliphatic heterocycles. The Morgan fingerprint density at radius 2 is 0.763 bits per heavy atom. The standard InChI is InChI=1S/C17H13ClP.C17H14P.Fe/c18-16-12-7-13-17(16)19(14-8-3-1-4-9-14)15-10-5-2-6-11-15;1-3-9-15(10-4-1)18(17-13-7-8-14-17)16-11-5-2-6-12-16;/h1-13H;1-14H;/q2*-1;+2. The van der Waals surface area contributed by atoms with Crippen LogP contribution in [0.2, 0.25) is 5.02 Å². The number of rotatable bonds is 6. The van der Waals surface area contributed by atoms with Gasteiger partial charge >= 0.3 is 17.1 Å². The molecule has 6 rings (SSSR count). The molecule has 0 radical (unpaired) electrons. The van der Waals surface area contributed by atoms with E-state index in [4.69, 9.17) is 11.6 Å². The minimum absolute atomic E-state index is 0. The maximum atomic E-state index is 6.35. The molecule has 0 atom stereocenters. The zero-order valence-electron chi connectivity index (χ0n) is 20.7. The van der Waals surface area contributed by atoms with Gasteiger partial charge in [0.25, 0.3) is 0 Å². The molecule has 0 unspecified atom stereocenters. The smallest absolute Gasteiger partial charge is 0.213 e. The Balaban J connectivity index is 0.000000173. The molecule has 0 bridgehead atoms. The number of hydrogen-bond acceptors (Lipinski definition) is 0. The van der Waals surface area contributed by atoms with E-state index in [1.165, 1.54) is 31.8 Å². The van der Waals surface area contributed by atoms with Crippen molar-refractivity contribution in [2.24, 2.45) is 0 Å². The Labute approximate surface area is 244 Å². The third kappa shape index (κ3) is 7.01. The Morgan fingerprint density at radius 1 is 0.395 bits per heavy atom. The second-order valence-corrected chi connectivity index (χ2v) is 13.2. The molecule has 0 amide bonds. The average Bonchev–Trinajstić information content (AvgIpc) is 3.65. The Kier molecular flexibility index (Phi) is 10.7. The summed E-state index contributed by atoms with van der Waals surface area (Å²) >= 11 is 6.35. The van der Waals surface area contributed by atoms with Crippen molar-refractivity contribution < 1.29 is 17.1 Å². The summed E-state index contributed by atoms with van der Waals surface area (Å²) in [5.74, 6) is 0. The van der Waals surface area contributed by atoms with E-state index in [0.29, 0.717) is 0 Å². The number of hydrogen-bond donors (Lipinski definition) is 0. The molecule has 0 aliphatic carbocycles. The van der Waals surface area contributed by atoms with E-state index < -0.39 is 15.8 Å². The molecule has 0 aromatic heterocycles. The quantitative estimate of drug-likeness (QED) is 0.112. The molecule has 0 saturated carbocycles. The van der Waals surface area contributed by atoms with Crippen molar-refractivity contribution in [2.75, 3.05) is 0 Å². The van der Waals surface area contributed by atoms with Gasteiger partial charge in [-0.25, -0.2) is 18.2 Å². The molecule has 0 N–H and O–H groups in total. The molecule has 6 aromatic rings. The van der Waals surface area contributed by atoms with Crippen LogP contribution in [0.3, 0.4) is 0 Å². The Hall–Kier alpha value is -2.75. The fraction of sp³-hybridized carbons (Fsp3) is 0. The fourth-order valence-corrected chi connectivity index (χ4v) is 9.28. The summed E-state index contributed by atoms with van der Waals surface area (Å²) in [6.45, 7) is 0. The Bertz CT molecular complexity index is 1390. The van der Waals surface area contributed by atoms with E-state index in [0.717, 1.165) is 5.02 Å². The van der Waals surface area contributed by atoms with Crippen LogP contribution in [0.4, 0.5) is 0 Å². The average molecular weight is 589 g/mol. The zero-order chi connectivity index (χ0) is 25.3. The normalized spacial score (nSPS) is 10.5. The van der Waals surface area contributed by atoms with Crippen molar-refractivity contribution in [1.29, 1.82) is 0 Å².